The summed E-state index contributed by atoms with van der Waals surface area (Å²) in [5.74, 6) is 2.47. The van der Waals surface area contributed by atoms with Gasteiger partial charge < -0.3 is 14.2 Å². The second kappa shape index (κ2) is 6.53. The molecule has 0 spiro atoms. The number of hydrogen-bond acceptors (Lipinski definition) is 3. The molecule has 0 N–H and O–H groups in total. The zero-order valence-corrected chi connectivity index (χ0v) is 11.3. The molecule has 0 fully saturated rings. The first kappa shape index (κ1) is 13.1. The SMILES string of the molecule is CCCCCC(CC)Oc1ccc2c(c1)OCO2. The summed E-state index contributed by atoms with van der Waals surface area (Å²) < 4.78 is 16.6. The molecular formula is C15H22O3. The zero-order valence-electron chi connectivity index (χ0n) is 11.3. The molecule has 3 heteroatoms. The van der Waals surface area contributed by atoms with Crippen molar-refractivity contribution in [3.05, 3.63) is 18.2 Å². The van der Waals surface area contributed by atoms with Crippen LogP contribution < -0.4 is 14.2 Å². The van der Waals surface area contributed by atoms with Crippen LogP contribution in [0, 0.1) is 0 Å². The summed E-state index contributed by atoms with van der Waals surface area (Å²) in [6.45, 7) is 4.70. The molecule has 100 valence electrons. The molecular weight excluding hydrogens is 228 g/mol. The average Bonchev–Trinajstić information content (AvgIpc) is 2.85. The van der Waals surface area contributed by atoms with Crippen LogP contribution in [0.3, 0.4) is 0 Å². The lowest BCUT2D eigenvalue weighted by Gasteiger charge is -2.17. The Hall–Kier alpha value is -1.38. The molecule has 18 heavy (non-hydrogen) atoms. The topological polar surface area (TPSA) is 27.7 Å². The first-order valence-electron chi connectivity index (χ1n) is 6.89. The van der Waals surface area contributed by atoms with Gasteiger partial charge in [0.2, 0.25) is 6.79 Å². The summed E-state index contributed by atoms with van der Waals surface area (Å²) in [6, 6.07) is 5.79. The Morgan fingerprint density at radius 2 is 2.00 bits per heavy atom. The quantitative estimate of drug-likeness (QED) is 0.680. The Labute approximate surface area is 109 Å². The lowest BCUT2D eigenvalue weighted by Crippen LogP contribution is -2.15. The molecule has 0 aromatic heterocycles. The number of rotatable bonds is 7. The van der Waals surface area contributed by atoms with Crippen molar-refractivity contribution in [1.82, 2.24) is 0 Å². The molecule has 1 aliphatic heterocycles. The lowest BCUT2D eigenvalue weighted by atomic mass is 10.1. The smallest absolute Gasteiger partial charge is 0.231 e. The minimum Gasteiger partial charge on any atom is -0.490 e. The van der Waals surface area contributed by atoms with Crippen LogP contribution in [0.25, 0.3) is 0 Å². The summed E-state index contributed by atoms with van der Waals surface area (Å²) >= 11 is 0. The molecule has 0 saturated heterocycles. The molecule has 3 nitrogen and oxygen atoms in total. The monoisotopic (exact) mass is 250 g/mol. The third kappa shape index (κ3) is 3.31. The van der Waals surface area contributed by atoms with E-state index in [0.29, 0.717) is 12.9 Å². The van der Waals surface area contributed by atoms with Gasteiger partial charge >= 0.3 is 0 Å². The molecule has 2 rings (SSSR count). The van der Waals surface area contributed by atoms with E-state index < -0.39 is 0 Å². The van der Waals surface area contributed by atoms with Crippen molar-refractivity contribution in [1.29, 1.82) is 0 Å². The van der Waals surface area contributed by atoms with Gasteiger partial charge in [0.05, 0.1) is 6.10 Å². The Morgan fingerprint density at radius 1 is 1.17 bits per heavy atom. The van der Waals surface area contributed by atoms with Crippen molar-refractivity contribution in [3.63, 3.8) is 0 Å². The van der Waals surface area contributed by atoms with Gasteiger partial charge in [0.25, 0.3) is 0 Å². The van der Waals surface area contributed by atoms with E-state index in [1.165, 1.54) is 19.3 Å². The highest BCUT2D eigenvalue weighted by molar-refractivity contribution is 5.46. The minimum atomic E-state index is 0.303. The number of ether oxygens (including phenoxy) is 3. The Balaban J connectivity index is 1.90. The van der Waals surface area contributed by atoms with Gasteiger partial charge in [-0.05, 0) is 31.4 Å². The van der Waals surface area contributed by atoms with Crippen molar-refractivity contribution < 1.29 is 14.2 Å². The predicted octanol–water partition coefficient (Wildman–Crippen LogP) is 4.15. The first-order valence-corrected chi connectivity index (χ1v) is 6.89. The molecule has 1 heterocycles. The van der Waals surface area contributed by atoms with E-state index in [9.17, 15) is 0 Å². The van der Waals surface area contributed by atoms with Crippen LogP contribution in [-0.2, 0) is 0 Å². The predicted molar refractivity (Wildman–Crippen MR) is 71.4 cm³/mol. The highest BCUT2D eigenvalue weighted by atomic mass is 16.7. The number of fused-ring (bicyclic) bond motifs is 1. The third-order valence-corrected chi connectivity index (χ3v) is 3.23. The van der Waals surface area contributed by atoms with E-state index in [0.717, 1.165) is 30.1 Å². The van der Waals surface area contributed by atoms with E-state index in [-0.39, 0.29) is 0 Å². The highest BCUT2D eigenvalue weighted by Crippen LogP contribution is 2.35. The van der Waals surface area contributed by atoms with Crippen LogP contribution in [0.4, 0.5) is 0 Å². The first-order chi connectivity index (χ1) is 8.83. The van der Waals surface area contributed by atoms with E-state index in [4.69, 9.17) is 14.2 Å². The fourth-order valence-electron chi connectivity index (χ4n) is 2.11. The summed E-state index contributed by atoms with van der Waals surface area (Å²) in [5, 5.41) is 0. The van der Waals surface area contributed by atoms with Crippen LogP contribution >= 0.6 is 0 Å². The largest absolute Gasteiger partial charge is 0.490 e. The molecule has 0 amide bonds. The zero-order chi connectivity index (χ0) is 12.8. The second-order valence-corrected chi connectivity index (χ2v) is 4.66. The normalized spacial score (nSPS) is 14.6. The Morgan fingerprint density at radius 3 is 2.78 bits per heavy atom. The number of hydrogen-bond donors (Lipinski definition) is 0. The van der Waals surface area contributed by atoms with Gasteiger partial charge in [0, 0.05) is 6.07 Å². The Kier molecular flexibility index (Phi) is 4.73. The van der Waals surface area contributed by atoms with Gasteiger partial charge in [-0.1, -0.05) is 26.7 Å². The molecule has 0 aliphatic carbocycles. The van der Waals surface area contributed by atoms with Crippen LogP contribution in [0.15, 0.2) is 18.2 Å². The fraction of sp³-hybridized carbons (Fsp3) is 0.600. The van der Waals surface area contributed by atoms with E-state index in [1.54, 1.807) is 0 Å². The van der Waals surface area contributed by atoms with Gasteiger partial charge in [-0.25, -0.2) is 0 Å². The molecule has 1 unspecified atom stereocenters. The van der Waals surface area contributed by atoms with Crippen LogP contribution in [0.1, 0.15) is 46.0 Å². The van der Waals surface area contributed by atoms with E-state index in [1.807, 2.05) is 18.2 Å². The van der Waals surface area contributed by atoms with E-state index in [2.05, 4.69) is 13.8 Å². The van der Waals surface area contributed by atoms with Crippen molar-refractivity contribution in [3.8, 4) is 17.2 Å². The highest BCUT2D eigenvalue weighted by Gasteiger charge is 2.15. The maximum atomic E-state index is 6.00. The van der Waals surface area contributed by atoms with Crippen LogP contribution in [0.5, 0.6) is 17.2 Å². The van der Waals surface area contributed by atoms with Gasteiger partial charge in [-0.3, -0.25) is 0 Å². The Bertz CT molecular complexity index is 376. The van der Waals surface area contributed by atoms with Crippen molar-refractivity contribution in [2.75, 3.05) is 6.79 Å². The fourth-order valence-corrected chi connectivity index (χ4v) is 2.11. The van der Waals surface area contributed by atoms with Crippen LogP contribution in [0.2, 0.25) is 0 Å². The second-order valence-electron chi connectivity index (χ2n) is 4.66. The van der Waals surface area contributed by atoms with Crippen molar-refractivity contribution in [2.24, 2.45) is 0 Å². The van der Waals surface area contributed by atoms with Crippen molar-refractivity contribution in [2.45, 2.75) is 52.1 Å². The molecule has 0 radical (unpaired) electrons. The number of benzene rings is 1. The molecule has 1 aliphatic rings. The van der Waals surface area contributed by atoms with Gasteiger partial charge in [0.1, 0.15) is 5.75 Å². The molecule has 0 saturated carbocycles. The summed E-state index contributed by atoms with van der Waals surface area (Å²) in [5.41, 5.74) is 0. The molecule has 1 atom stereocenters. The average molecular weight is 250 g/mol. The summed E-state index contributed by atoms with van der Waals surface area (Å²) in [4.78, 5) is 0. The molecule has 1 aromatic carbocycles. The standard InChI is InChI=1S/C15H22O3/c1-3-5-6-7-12(4-2)18-13-8-9-14-15(10-13)17-11-16-14/h8-10,12H,3-7,11H2,1-2H3. The lowest BCUT2D eigenvalue weighted by molar-refractivity contribution is 0.172. The van der Waals surface area contributed by atoms with Gasteiger partial charge in [-0.15, -0.1) is 0 Å². The van der Waals surface area contributed by atoms with E-state index >= 15 is 0 Å². The van der Waals surface area contributed by atoms with Gasteiger partial charge in [0.15, 0.2) is 11.5 Å². The number of unbranched alkanes of at least 4 members (excludes halogenated alkanes) is 2. The third-order valence-electron chi connectivity index (χ3n) is 3.23. The minimum absolute atomic E-state index is 0.303. The summed E-state index contributed by atoms with van der Waals surface area (Å²) in [6.07, 6.45) is 6.23. The van der Waals surface area contributed by atoms with Gasteiger partial charge in [-0.2, -0.15) is 0 Å². The summed E-state index contributed by atoms with van der Waals surface area (Å²) in [7, 11) is 0. The molecule has 1 aromatic rings. The van der Waals surface area contributed by atoms with Crippen LogP contribution in [-0.4, -0.2) is 12.9 Å². The maximum Gasteiger partial charge on any atom is 0.231 e. The molecule has 0 bridgehead atoms. The van der Waals surface area contributed by atoms with Crippen molar-refractivity contribution >= 4 is 0 Å². The maximum absolute atomic E-state index is 6.00.